The van der Waals surface area contributed by atoms with Crippen molar-refractivity contribution in [3.63, 3.8) is 0 Å². The molecule has 3 aromatic rings. The summed E-state index contributed by atoms with van der Waals surface area (Å²) in [7, 11) is 0. The predicted molar refractivity (Wildman–Crippen MR) is 120 cm³/mol. The number of nitrogen functional groups attached to an aromatic ring is 1. The number of nitrogens with one attached hydrogen (secondary N) is 2. The molecule has 0 saturated heterocycles. The van der Waals surface area contributed by atoms with Crippen LogP contribution in [-0.2, 0) is 0 Å². The third-order valence-electron chi connectivity index (χ3n) is 5.56. The van der Waals surface area contributed by atoms with E-state index in [4.69, 9.17) is 28.9 Å². The molecule has 1 aromatic heterocycles. The molecule has 0 bridgehead atoms. The van der Waals surface area contributed by atoms with Crippen LogP contribution in [0.5, 0.6) is 5.75 Å². The molecule has 1 fully saturated rings. The summed E-state index contributed by atoms with van der Waals surface area (Å²) in [5.41, 5.74) is 6.59. The molecule has 2 aromatic carbocycles. The average Bonchev–Trinajstić information content (AvgIpc) is 2.74. The topological polar surface area (TPSA) is 108 Å². The molecule has 156 valence electrons. The summed E-state index contributed by atoms with van der Waals surface area (Å²) < 4.78 is 0. The monoisotopic (exact) mass is 445 g/mol. The van der Waals surface area contributed by atoms with Crippen LogP contribution in [-0.4, -0.2) is 22.0 Å². The smallest absolute Gasteiger partial charge is 0.253 e. The van der Waals surface area contributed by atoms with Gasteiger partial charge in [0.25, 0.3) is 5.91 Å². The van der Waals surface area contributed by atoms with Gasteiger partial charge in [-0.2, -0.15) is 0 Å². The van der Waals surface area contributed by atoms with Gasteiger partial charge in [-0.15, -0.1) is 0 Å². The van der Waals surface area contributed by atoms with Crippen LogP contribution in [0.25, 0.3) is 22.2 Å². The second-order valence-corrected chi connectivity index (χ2v) is 8.38. The quantitative estimate of drug-likeness (QED) is 0.431. The Morgan fingerprint density at radius 2 is 1.80 bits per heavy atom. The molecule has 4 rings (SSSR count). The van der Waals surface area contributed by atoms with Gasteiger partial charge >= 0.3 is 0 Å². The number of para-hydroxylation sites is 1. The molecule has 1 aliphatic rings. The Labute approximate surface area is 183 Å². The molecule has 0 spiro atoms. The lowest BCUT2D eigenvalue weighted by Gasteiger charge is -2.23. The summed E-state index contributed by atoms with van der Waals surface area (Å²) in [6.45, 7) is 0. The molecule has 1 aliphatic carbocycles. The van der Waals surface area contributed by atoms with Crippen LogP contribution in [0.1, 0.15) is 42.5 Å². The third-order valence-corrected chi connectivity index (χ3v) is 6.19. The van der Waals surface area contributed by atoms with Crippen molar-refractivity contribution in [3.05, 3.63) is 56.2 Å². The summed E-state index contributed by atoms with van der Waals surface area (Å²) in [6, 6.07) is 7.98. The number of aromatic nitrogens is 1. The van der Waals surface area contributed by atoms with Crippen molar-refractivity contribution in [2.75, 3.05) is 5.73 Å². The Kier molecular flexibility index (Phi) is 5.62. The lowest BCUT2D eigenvalue weighted by Crippen LogP contribution is -2.36. The maximum atomic E-state index is 13.0. The number of H-pyrrole nitrogens is 1. The maximum Gasteiger partial charge on any atom is 0.253 e. The number of aromatic hydroxyl groups is 1. The zero-order valence-electron chi connectivity index (χ0n) is 16.1. The number of halogens is 2. The third kappa shape index (κ3) is 3.73. The molecule has 0 aliphatic heterocycles. The maximum absolute atomic E-state index is 13.0. The van der Waals surface area contributed by atoms with Crippen molar-refractivity contribution in [1.82, 2.24) is 10.3 Å². The van der Waals surface area contributed by atoms with Crippen molar-refractivity contribution in [3.8, 4) is 17.0 Å². The summed E-state index contributed by atoms with van der Waals surface area (Å²) in [5.74, 6) is -0.739. The number of pyridine rings is 1. The van der Waals surface area contributed by atoms with E-state index in [2.05, 4.69) is 10.3 Å². The summed E-state index contributed by atoms with van der Waals surface area (Å²) >= 11 is 12.2. The standard InChI is InChI=1S/C22H21Cl2N3O3/c23-15-9-11(10-16(24)17(15)25)18-21(29)20(28)13-7-4-8-14(19(13)27-18)22(30)26-12-5-2-1-3-6-12/h4,7-10,12,29H,1-3,5-6,25H2,(H,26,30)(H,27,28). The Balaban J connectivity index is 1.84. The number of anilines is 1. The molecule has 1 amide bonds. The Hall–Kier alpha value is -2.70. The van der Waals surface area contributed by atoms with Gasteiger partial charge in [0, 0.05) is 11.6 Å². The molecule has 6 nitrogen and oxygen atoms in total. The van der Waals surface area contributed by atoms with Gasteiger partial charge in [-0.1, -0.05) is 48.5 Å². The number of amides is 1. The molecule has 0 radical (unpaired) electrons. The molecule has 5 N–H and O–H groups in total. The van der Waals surface area contributed by atoms with Gasteiger partial charge in [-0.05, 0) is 37.1 Å². The number of nitrogens with two attached hydrogens (primary N) is 1. The first-order chi connectivity index (χ1) is 14.4. The minimum atomic E-state index is -0.588. The number of aromatic amines is 1. The van der Waals surface area contributed by atoms with Gasteiger partial charge in [-0.3, -0.25) is 9.59 Å². The molecule has 0 atom stereocenters. The molecule has 0 unspecified atom stereocenters. The highest BCUT2D eigenvalue weighted by molar-refractivity contribution is 6.39. The van der Waals surface area contributed by atoms with E-state index in [9.17, 15) is 14.7 Å². The Bertz CT molecular complexity index is 1180. The Morgan fingerprint density at radius 3 is 2.47 bits per heavy atom. The summed E-state index contributed by atoms with van der Waals surface area (Å²) in [6.07, 6.45) is 5.26. The van der Waals surface area contributed by atoms with E-state index in [0.29, 0.717) is 16.6 Å². The van der Waals surface area contributed by atoms with E-state index in [1.165, 1.54) is 18.6 Å². The van der Waals surface area contributed by atoms with Crippen LogP contribution in [0.2, 0.25) is 10.0 Å². The summed E-state index contributed by atoms with van der Waals surface area (Å²) in [4.78, 5) is 28.8. The first-order valence-corrected chi connectivity index (χ1v) is 10.6. The largest absolute Gasteiger partial charge is 0.503 e. The van der Waals surface area contributed by atoms with Crippen LogP contribution >= 0.6 is 23.2 Å². The second-order valence-electron chi connectivity index (χ2n) is 7.57. The SMILES string of the molecule is Nc1c(Cl)cc(-c2[nH]c3c(C(=O)NC4CCCCC4)cccc3c(=O)c2O)cc1Cl. The van der Waals surface area contributed by atoms with Gasteiger partial charge in [0.15, 0.2) is 5.75 Å². The van der Waals surface area contributed by atoms with Crippen molar-refractivity contribution in [2.45, 2.75) is 38.1 Å². The first kappa shape index (κ1) is 20.6. The van der Waals surface area contributed by atoms with Crippen molar-refractivity contribution in [1.29, 1.82) is 0 Å². The molecule has 30 heavy (non-hydrogen) atoms. The zero-order chi connectivity index (χ0) is 21.4. The number of carbonyl (C=O) groups is 1. The fourth-order valence-electron chi connectivity index (χ4n) is 3.94. The van der Waals surface area contributed by atoms with Crippen LogP contribution in [0, 0.1) is 0 Å². The van der Waals surface area contributed by atoms with Crippen LogP contribution in [0.4, 0.5) is 5.69 Å². The fourth-order valence-corrected chi connectivity index (χ4v) is 4.43. The van der Waals surface area contributed by atoms with E-state index < -0.39 is 11.2 Å². The zero-order valence-corrected chi connectivity index (χ0v) is 17.6. The molecule has 1 heterocycles. The predicted octanol–water partition coefficient (Wildman–Crippen LogP) is 4.85. The summed E-state index contributed by atoms with van der Waals surface area (Å²) in [5, 5.41) is 14.2. The highest BCUT2D eigenvalue weighted by atomic mass is 35.5. The number of hydrogen-bond acceptors (Lipinski definition) is 4. The first-order valence-electron chi connectivity index (χ1n) is 9.80. The van der Waals surface area contributed by atoms with Crippen LogP contribution < -0.4 is 16.5 Å². The fraction of sp³-hybridized carbons (Fsp3) is 0.273. The molecular weight excluding hydrogens is 425 g/mol. The van der Waals surface area contributed by atoms with Gasteiger partial charge in [0.1, 0.15) is 0 Å². The van der Waals surface area contributed by atoms with Gasteiger partial charge in [-0.25, -0.2) is 0 Å². The number of carbonyl (C=O) groups excluding carboxylic acids is 1. The lowest BCUT2D eigenvalue weighted by atomic mass is 9.95. The molecule has 1 saturated carbocycles. The lowest BCUT2D eigenvalue weighted by molar-refractivity contribution is 0.0929. The van der Waals surface area contributed by atoms with Gasteiger partial charge in [0.2, 0.25) is 5.43 Å². The van der Waals surface area contributed by atoms with E-state index in [0.717, 1.165) is 25.7 Å². The van der Waals surface area contributed by atoms with E-state index in [1.54, 1.807) is 18.2 Å². The normalized spacial score (nSPS) is 14.7. The minimum absolute atomic E-state index is 0.120. The minimum Gasteiger partial charge on any atom is -0.503 e. The van der Waals surface area contributed by atoms with E-state index in [-0.39, 0.29) is 38.8 Å². The Morgan fingerprint density at radius 1 is 1.13 bits per heavy atom. The second kappa shape index (κ2) is 8.20. The number of fused-ring (bicyclic) bond motifs is 1. The average molecular weight is 446 g/mol. The van der Waals surface area contributed by atoms with Crippen LogP contribution in [0.15, 0.2) is 35.1 Å². The van der Waals surface area contributed by atoms with Crippen molar-refractivity contribution in [2.24, 2.45) is 0 Å². The number of rotatable bonds is 3. The van der Waals surface area contributed by atoms with Crippen molar-refractivity contribution >= 4 is 45.7 Å². The highest BCUT2D eigenvalue weighted by Gasteiger charge is 2.21. The molecular formula is C22H21Cl2N3O3. The van der Waals surface area contributed by atoms with E-state index in [1.807, 2.05) is 0 Å². The van der Waals surface area contributed by atoms with Gasteiger partial charge < -0.3 is 21.1 Å². The van der Waals surface area contributed by atoms with Crippen LogP contribution in [0.3, 0.4) is 0 Å². The number of benzene rings is 2. The van der Waals surface area contributed by atoms with Gasteiger partial charge in [0.05, 0.1) is 37.9 Å². The highest BCUT2D eigenvalue weighted by Crippen LogP contribution is 2.36. The molecule has 8 heteroatoms. The van der Waals surface area contributed by atoms with E-state index >= 15 is 0 Å². The number of hydrogen-bond donors (Lipinski definition) is 4. The van der Waals surface area contributed by atoms with Crippen molar-refractivity contribution < 1.29 is 9.90 Å².